The molecule has 3 heteroatoms. The van der Waals surface area contributed by atoms with Crippen molar-refractivity contribution in [1.82, 2.24) is 0 Å². The van der Waals surface area contributed by atoms with Gasteiger partial charge in [0.15, 0.2) is 0 Å². The Morgan fingerprint density at radius 3 is 2.50 bits per heavy atom. The van der Waals surface area contributed by atoms with E-state index in [1.165, 1.54) is 5.39 Å². The molecule has 0 radical (unpaired) electrons. The molecule has 3 aromatic carbocycles. The van der Waals surface area contributed by atoms with Crippen LogP contribution in [0.15, 0.2) is 71.7 Å². The van der Waals surface area contributed by atoms with Gasteiger partial charge in [-0.2, -0.15) is 0 Å². The van der Waals surface area contributed by atoms with Crippen molar-refractivity contribution in [2.45, 2.75) is 12.5 Å². The number of fused-ring (bicyclic) bond motifs is 1. The first-order valence-corrected chi connectivity index (χ1v) is 8.04. The highest BCUT2D eigenvalue weighted by Crippen LogP contribution is 2.34. The lowest BCUT2D eigenvalue weighted by Crippen LogP contribution is -2.20. The molecule has 1 heterocycles. The van der Waals surface area contributed by atoms with Crippen LogP contribution in [0.1, 0.15) is 18.1 Å². The standard InChI is InChI=1S/C21H19NO2/c1-21(14-24-20(22-21)15-6-4-3-5-7-15)18-10-8-17-13-19(23-2)11-9-16(17)12-18/h3-13H,14H2,1-2H3/t21-/m0/s1. The Morgan fingerprint density at radius 2 is 1.71 bits per heavy atom. The summed E-state index contributed by atoms with van der Waals surface area (Å²) in [5, 5.41) is 2.34. The van der Waals surface area contributed by atoms with Gasteiger partial charge in [0.25, 0.3) is 0 Å². The van der Waals surface area contributed by atoms with Gasteiger partial charge >= 0.3 is 0 Å². The van der Waals surface area contributed by atoms with Gasteiger partial charge in [-0.3, -0.25) is 0 Å². The van der Waals surface area contributed by atoms with Crippen LogP contribution in [0.3, 0.4) is 0 Å². The minimum Gasteiger partial charge on any atom is -0.497 e. The molecule has 0 fully saturated rings. The summed E-state index contributed by atoms with van der Waals surface area (Å²) in [6.45, 7) is 2.67. The van der Waals surface area contributed by atoms with Gasteiger partial charge in [-0.25, -0.2) is 4.99 Å². The Kier molecular flexibility index (Phi) is 3.49. The fourth-order valence-corrected chi connectivity index (χ4v) is 3.06. The zero-order valence-electron chi connectivity index (χ0n) is 13.8. The molecule has 0 unspecified atom stereocenters. The van der Waals surface area contributed by atoms with Gasteiger partial charge in [-0.1, -0.05) is 36.4 Å². The third kappa shape index (κ3) is 2.52. The molecule has 24 heavy (non-hydrogen) atoms. The van der Waals surface area contributed by atoms with Gasteiger partial charge in [0.1, 0.15) is 17.9 Å². The number of rotatable bonds is 3. The fraction of sp³-hybridized carbons (Fsp3) is 0.190. The minimum atomic E-state index is -0.362. The van der Waals surface area contributed by atoms with Crippen molar-refractivity contribution >= 4 is 16.7 Å². The quantitative estimate of drug-likeness (QED) is 0.710. The van der Waals surface area contributed by atoms with Crippen LogP contribution >= 0.6 is 0 Å². The van der Waals surface area contributed by atoms with Gasteiger partial charge < -0.3 is 9.47 Å². The van der Waals surface area contributed by atoms with Crippen molar-refractivity contribution in [2.24, 2.45) is 4.99 Å². The van der Waals surface area contributed by atoms with E-state index in [4.69, 9.17) is 14.5 Å². The number of aliphatic imine (C=N–C) groups is 1. The van der Waals surface area contributed by atoms with Crippen LogP contribution in [0.2, 0.25) is 0 Å². The first-order valence-electron chi connectivity index (χ1n) is 8.04. The third-order valence-electron chi connectivity index (χ3n) is 4.53. The highest BCUT2D eigenvalue weighted by Gasteiger charge is 2.34. The first kappa shape index (κ1) is 14.8. The van der Waals surface area contributed by atoms with Crippen LogP contribution in [0.4, 0.5) is 0 Å². The maximum absolute atomic E-state index is 5.89. The van der Waals surface area contributed by atoms with Crippen molar-refractivity contribution in [3.63, 3.8) is 0 Å². The highest BCUT2D eigenvalue weighted by atomic mass is 16.5. The van der Waals surface area contributed by atoms with E-state index in [1.54, 1.807) is 7.11 Å². The van der Waals surface area contributed by atoms with E-state index in [9.17, 15) is 0 Å². The molecule has 0 saturated carbocycles. The smallest absolute Gasteiger partial charge is 0.217 e. The second kappa shape index (κ2) is 5.68. The third-order valence-corrected chi connectivity index (χ3v) is 4.53. The number of methoxy groups -OCH3 is 1. The lowest BCUT2D eigenvalue weighted by molar-refractivity contribution is 0.270. The molecular formula is C21H19NO2. The Hall–Kier alpha value is -2.81. The summed E-state index contributed by atoms with van der Waals surface area (Å²) in [6, 6.07) is 22.6. The monoisotopic (exact) mass is 317 g/mol. The van der Waals surface area contributed by atoms with Crippen molar-refractivity contribution < 1.29 is 9.47 Å². The van der Waals surface area contributed by atoms with Gasteiger partial charge in [-0.05, 0) is 53.6 Å². The molecule has 1 atom stereocenters. The number of nitrogens with zero attached hydrogens (tertiary/aromatic N) is 1. The van der Waals surface area contributed by atoms with Crippen molar-refractivity contribution in [3.05, 3.63) is 77.9 Å². The first-order chi connectivity index (χ1) is 11.7. The van der Waals surface area contributed by atoms with E-state index in [0.717, 1.165) is 22.3 Å². The average molecular weight is 317 g/mol. The van der Waals surface area contributed by atoms with Crippen molar-refractivity contribution in [3.8, 4) is 5.75 Å². The average Bonchev–Trinajstić information content (AvgIpc) is 3.05. The lowest BCUT2D eigenvalue weighted by Gasteiger charge is -2.19. The normalized spacial score (nSPS) is 19.8. The second-order valence-corrected chi connectivity index (χ2v) is 6.27. The number of hydrogen-bond acceptors (Lipinski definition) is 3. The SMILES string of the molecule is COc1ccc2cc([C@]3(C)COC(c4ccccc4)=N3)ccc2c1. The predicted molar refractivity (Wildman–Crippen MR) is 96.8 cm³/mol. The molecule has 0 spiro atoms. The Bertz CT molecular complexity index is 918. The summed E-state index contributed by atoms with van der Waals surface area (Å²) < 4.78 is 11.2. The van der Waals surface area contributed by atoms with E-state index in [1.807, 2.05) is 42.5 Å². The maximum Gasteiger partial charge on any atom is 0.217 e. The van der Waals surface area contributed by atoms with Crippen molar-refractivity contribution in [2.75, 3.05) is 13.7 Å². The Labute approximate surface area is 141 Å². The van der Waals surface area contributed by atoms with E-state index < -0.39 is 0 Å². The van der Waals surface area contributed by atoms with Crippen LogP contribution in [0, 0.1) is 0 Å². The molecule has 1 aliphatic rings. The minimum absolute atomic E-state index is 0.362. The molecule has 0 amide bonds. The van der Waals surface area contributed by atoms with Crippen LogP contribution in [-0.4, -0.2) is 19.6 Å². The summed E-state index contributed by atoms with van der Waals surface area (Å²) in [5.41, 5.74) is 1.82. The van der Waals surface area contributed by atoms with Crippen LogP contribution < -0.4 is 4.74 Å². The van der Waals surface area contributed by atoms with E-state index in [2.05, 4.69) is 31.2 Å². The topological polar surface area (TPSA) is 30.8 Å². The number of benzene rings is 3. The predicted octanol–water partition coefficient (Wildman–Crippen LogP) is 4.54. The Balaban J connectivity index is 1.73. The summed E-state index contributed by atoms with van der Waals surface area (Å²) in [6.07, 6.45) is 0. The maximum atomic E-state index is 5.89. The second-order valence-electron chi connectivity index (χ2n) is 6.27. The van der Waals surface area contributed by atoms with Crippen LogP contribution in [0.25, 0.3) is 10.8 Å². The summed E-state index contributed by atoms with van der Waals surface area (Å²) >= 11 is 0. The Morgan fingerprint density at radius 1 is 0.958 bits per heavy atom. The van der Waals surface area contributed by atoms with Gasteiger partial charge in [0, 0.05) is 5.56 Å². The largest absolute Gasteiger partial charge is 0.497 e. The molecule has 3 nitrogen and oxygen atoms in total. The molecular weight excluding hydrogens is 298 g/mol. The zero-order chi connectivity index (χ0) is 16.6. The van der Waals surface area contributed by atoms with Gasteiger partial charge in [0.2, 0.25) is 5.90 Å². The molecule has 0 saturated heterocycles. The van der Waals surface area contributed by atoms with Crippen LogP contribution in [-0.2, 0) is 10.3 Å². The molecule has 1 aliphatic heterocycles. The molecule has 0 bridgehead atoms. The zero-order valence-corrected chi connectivity index (χ0v) is 13.8. The summed E-state index contributed by atoms with van der Waals surface area (Å²) in [5.74, 6) is 1.59. The molecule has 0 aromatic heterocycles. The van der Waals surface area contributed by atoms with Gasteiger partial charge in [0.05, 0.1) is 7.11 Å². The molecule has 3 aromatic rings. The number of hydrogen-bond donors (Lipinski definition) is 0. The lowest BCUT2D eigenvalue weighted by atomic mass is 9.92. The van der Waals surface area contributed by atoms with Crippen LogP contribution in [0.5, 0.6) is 5.75 Å². The fourth-order valence-electron chi connectivity index (χ4n) is 3.06. The summed E-state index contributed by atoms with van der Waals surface area (Å²) in [4.78, 5) is 4.87. The van der Waals surface area contributed by atoms with E-state index >= 15 is 0 Å². The van der Waals surface area contributed by atoms with E-state index in [-0.39, 0.29) is 5.54 Å². The van der Waals surface area contributed by atoms with Crippen molar-refractivity contribution in [1.29, 1.82) is 0 Å². The molecule has 0 aliphatic carbocycles. The molecule has 4 rings (SSSR count). The molecule has 120 valence electrons. The highest BCUT2D eigenvalue weighted by molar-refractivity contribution is 5.95. The summed E-state index contributed by atoms with van der Waals surface area (Å²) in [7, 11) is 1.69. The molecule has 0 N–H and O–H groups in total. The van der Waals surface area contributed by atoms with Gasteiger partial charge in [-0.15, -0.1) is 0 Å². The van der Waals surface area contributed by atoms with E-state index in [0.29, 0.717) is 12.5 Å². The number of ether oxygens (including phenoxy) is 2.